The summed E-state index contributed by atoms with van der Waals surface area (Å²) in [5.41, 5.74) is 0. The van der Waals surface area contributed by atoms with E-state index in [2.05, 4.69) is 0 Å². The maximum Gasteiger partial charge on any atom is 0.303 e. The molecule has 26 heavy (non-hydrogen) atoms. The van der Waals surface area contributed by atoms with Crippen molar-refractivity contribution in [3.63, 3.8) is 0 Å². The summed E-state index contributed by atoms with van der Waals surface area (Å²) in [4.78, 5) is 20.3. The first-order chi connectivity index (χ1) is 12.1. The molecule has 0 saturated heterocycles. The van der Waals surface area contributed by atoms with Crippen molar-refractivity contribution in [1.29, 1.82) is 0 Å². The lowest BCUT2D eigenvalue weighted by Gasteiger charge is -2.37. The summed E-state index contributed by atoms with van der Waals surface area (Å²) in [6.45, 7) is 0. The fraction of sp³-hybridized carbons (Fsp3) is 0.875. The second-order valence-electron chi connectivity index (χ2n) is 6.08. The van der Waals surface area contributed by atoms with Crippen molar-refractivity contribution < 1.29 is 19.8 Å². The van der Waals surface area contributed by atoms with Crippen molar-refractivity contribution in [2.45, 2.75) is 83.6 Å². The molecule has 0 atom stereocenters. The van der Waals surface area contributed by atoms with E-state index in [0.717, 1.165) is 38.5 Å². The van der Waals surface area contributed by atoms with Gasteiger partial charge in [-0.15, -0.1) is 69.6 Å². The fourth-order valence-corrected chi connectivity index (χ4v) is 4.64. The van der Waals surface area contributed by atoms with E-state index in [1.165, 1.54) is 0 Å². The third-order valence-corrected chi connectivity index (χ3v) is 7.89. The Kier molecular flexibility index (Phi) is 15.0. The maximum atomic E-state index is 10.1. The van der Waals surface area contributed by atoms with E-state index < -0.39 is 44.2 Å². The summed E-state index contributed by atoms with van der Waals surface area (Å²) in [5.74, 6) is -1.48. The van der Waals surface area contributed by atoms with Gasteiger partial charge in [0, 0.05) is 12.8 Å². The lowest BCUT2D eigenvalue weighted by molar-refractivity contribution is -0.138. The summed E-state index contributed by atoms with van der Waals surface area (Å²) in [5, 5.41) is 14.1. The summed E-state index contributed by atoms with van der Waals surface area (Å²) < 4.78 is 0. The molecule has 1 saturated carbocycles. The normalized spacial score (nSPS) is 31.0. The average Bonchev–Trinajstić information content (AvgIpc) is 2.59. The molecule has 1 rings (SSSR count). The smallest absolute Gasteiger partial charge is 0.303 e. The van der Waals surface area contributed by atoms with E-state index in [-0.39, 0.29) is 12.8 Å². The second kappa shape index (κ2) is 14.6. The number of carboxylic acids is 2. The Bertz CT molecular complexity index is 347. The molecule has 0 unspecified atom stereocenters. The Morgan fingerprint density at radius 2 is 0.692 bits per heavy atom. The summed E-state index contributed by atoms with van der Waals surface area (Å²) in [6.07, 6.45) is 5.82. The molecular formula is C16H24Cl6O4. The third-order valence-electron chi connectivity index (χ3n) is 3.86. The number of carbonyl (C=O) groups is 2. The quantitative estimate of drug-likeness (QED) is 0.309. The number of alkyl halides is 6. The summed E-state index contributed by atoms with van der Waals surface area (Å²) in [7, 11) is 0. The Hall–Kier alpha value is 0.680. The number of carboxylic acid groups (broad SMARTS) is 2. The lowest BCUT2D eigenvalue weighted by atomic mass is 9.97. The highest BCUT2D eigenvalue weighted by atomic mass is 35.5. The first-order valence-corrected chi connectivity index (χ1v) is 11.0. The van der Waals surface area contributed by atoms with Crippen LogP contribution in [-0.2, 0) is 9.59 Å². The van der Waals surface area contributed by atoms with Gasteiger partial charge >= 0.3 is 11.9 Å². The number of unbranched alkanes of at least 4 members (excludes halogenated alkanes) is 5. The van der Waals surface area contributed by atoms with Gasteiger partial charge in [0.25, 0.3) is 0 Å². The van der Waals surface area contributed by atoms with Crippen molar-refractivity contribution >= 4 is 81.5 Å². The predicted octanol–water partition coefficient (Wildman–Crippen LogP) is 5.92. The lowest BCUT2D eigenvalue weighted by Crippen LogP contribution is -2.52. The number of halogens is 6. The first-order valence-electron chi connectivity index (χ1n) is 8.37. The van der Waals surface area contributed by atoms with Crippen LogP contribution in [0.1, 0.15) is 51.4 Å². The summed E-state index contributed by atoms with van der Waals surface area (Å²) in [6, 6.07) is 0. The maximum absolute atomic E-state index is 10.1. The zero-order valence-electron chi connectivity index (χ0n) is 14.1. The number of rotatable bonds is 9. The summed E-state index contributed by atoms with van der Waals surface area (Å²) >= 11 is 35.3. The molecule has 0 heterocycles. The van der Waals surface area contributed by atoms with E-state index in [4.69, 9.17) is 79.8 Å². The van der Waals surface area contributed by atoms with Crippen LogP contribution in [0.2, 0.25) is 0 Å². The van der Waals surface area contributed by atoms with Crippen LogP contribution in [0.25, 0.3) is 0 Å². The Balaban J connectivity index is 0.000000485. The van der Waals surface area contributed by atoms with Crippen molar-refractivity contribution in [3.05, 3.63) is 0 Å². The standard InChI is InChI=1S/C10H18O4.C6H6Cl6/c11-9(12)7-5-3-1-2-4-6-8-10(13)14;7-1-2(8)4(10)6(12)5(11)3(1)9/h1-8H2,(H,11,12)(H,13,14);1-6H/t;1-,2-,3-,4+,5+,6+. The van der Waals surface area contributed by atoms with E-state index in [0.29, 0.717) is 0 Å². The average molecular weight is 493 g/mol. The molecule has 0 aromatic carbocycles. The molecule has 0 aliphatic heterocycles. The van der Waals surface area contributed by atoms with E-state index >= 15 is 0 Å². The molecule has 0 bridgehead atoms. The minimum atomic E-state index is -0.740. The SMILES string of the molecule is Cl[C@H]1[C@H](Cl)[C@@H](Cl)[C@@H](Cl)[C@H](Cl)[C@H]1Cl.O=C(O)CCCCCCCCC(=O)O. The van der Waals surface area contributed by atoms with E-state index in [1.54, 1.807) is 0 Å². The molecule has 0 aromatic rings. The van der Waals surface area contributed by atoms with Gasteiger partial charge in [0.15, 0.2) is 0 Å². The van der Waals surface area contributed by atoms with Gasteiger partial charge in [-0.3, -0.25) is 9.59 Å². The molecular weight excluding hydrogens is 469 g/mol. The highest BCUT2D eigenvalue weighted by Crippen LogP contribution is 2.39. The van der Waals surface area contributed by atoms with E-state index in [9.17, 15) is 9.59 Å². The van der Waals surface area contributed by atoms with Crippen LogP contribution in [0.4, 0.5) is 0 Å². The van der Waals surface area contributed by atoms with Gasteiger partial charge in [0.1, 0.15) is 0 Å². The highest BCUT2D eigenvalue weighted by molar-refractivity contribution is 6.45. The van der Waals surface area contributed by atoms with Crippen LogP contribution in [0.3, 0.4) is 0 Å². The van der Waals surface area contributed by atoms with Crippen molar-refractivity contribution in [3.8, 4) is 0 Å². The van der Waals surface area contributed by atoms with Crippen LogP contribution >= 0.6 is 69.6 Å². The van der Waals surface area contributed by atoms with Gasteiger partial charge in [0.05, 0.1) is 32.3 Å². The van der Waals surface area contributed by atoms with Gasteiger partial charge in [-0.1, -0.05) is 25.7 Å². The van der Waals surface area contributed by atoms with Crippen LogP contribution in [0.15, 0.2) is 0 Å². The minimum absolute atomic E-state index is 0.245. The highest BCUT2D eigenvalue weighted by Gasteiger charge is 2.46. The van der Waals surface area contributed by atoms with Crippen LogP contribution in [0.5, 0.6) is 0 Å². The Morgan fingerprint density at radius 3 is 0.885 bits per heavy atom. The van der Waals surface area contributed by atoms with Crippen molar-refractivity contribution in [2.75, 3.05) is 0 Å². The number of aliphatic carboxylic acids is 2. The van der Waals surface area contributed by atoms with Gasteiger partial charge < -0.3 is 10.2 Å². The molecule has 1 fully saturated rings. The van der Waals surface area contributed by atoms with Gasteiger partial charge in [-0.25, -0.2) is 0 Å². The first kappa shape index (κ1) is 26.7. The molecule has 0 aromatic heterocycles. The topological polar surface area (TPSA) is 74.6 Å². The second-order valence-corrected chi connectivity index (χ2v) is 9.10. The molecule has 0 amide bonds. The Morgan fingerprint density at radius 1 is 0.500 bits per heavy atom. The molecule has 10 heteroatoms. The van der Waals surface area contributed by atoms with Gasteiger partial charge in [0.2, 0.25) is 0 Å². The molecule has 154 valence electrons. The van der Waals surface area contributed by atoms with E-state index in [1.807, 2.05) is 0 Å². The third kappa shape index (κ3) is 10.9. The minimum Gasteiger partial charge on any atom is -0.481 e. The van der Waals surface area contributed by atoms with Gasteiger partial charge in [-0.2, -0.15) is 0 Å². The van der Waals surface area contributed by atoms with Gasteiger partial charge in [-0.05, 0) is 12.8 Å². The monoisotopic (exact) mass is 490 g/mol. The molecule has 0 spiro atoms. The van der Waals surface area contributed by atoms with Crippen LogP contribution in [-0.4, -0.2) is 54.4 Å². The molecule has 1 aliphatic rings. The van der Waals surface area contributed by atoms with Crippen LogP contribution < -0.4 is 0 Å². The molecule has 1 aliphatic carbocycles. The molecule has 0 radical (unpaired) electrons. The van der Waals surface area contributed by atoms with Crippen molar-refractivity contribution in [1.82, 2.24) is 0 Å². The van der Waals surface area contributed by atoms with Crippen molar-refractivity contribution in [2.24, 2.45) is 0 Å². The molecule has 2 N–H and O–H groups in total. The molecule has 4 nitrogen and oxygen atoms in total. The fourth-order valence-electron chi connectivity index (χ4n) is 2.31. The number of hydrogen-bond donors (Lipinski definition) is 2. The Labute approximate surface area is 184 Å². The zero-order valence-corrected chi connectivity index (χ0v) is 18.6. The number of hydrogen-bond acceptors (Lipinski definition) is 2. The van der Waals surface area contributed by atoms with Crippen LogP contribution in [0, 0.1) is 0 Å². The predicted molar refractivity (Wildman–Crippen MR) is 110 cm³/mol. The zero-order chi connectivity index (χ0) is 20.3. The largest absolute Gasteiger partial charge is 0.481 e.